The highest BCUT2D eigenvalue weighted by Gasteiger charge is 2.18. The molecule has 0 radical (unpaired) electrons. The summed E-state index contributed by atoms with van der Waals surface area (Å²) in [5.74, 6) is 0. The van der Waals surface area contributed by atoms with Crippen LogP contribution in [0.2, 0.25) is 0 Å². The summed E-state index contributed by atoms with van der Waals surface area (Å²) in [7, 11) is 0. The highest BCUT2D eigenvalue weighted by molar-refractivity contribution is 5.85. The molecule has 0 fully saturated rings. The van der Waals surface area contributed by atoms with Crippen molar-refractivity contribution in [3.8, 4) is 0 Å². The van der Waals surface area contributed by atoms with E-state index in [1.54, 1.807) is 6.20 Å². The van der Waals surface area contributed by atoms with Crippen LogP contribution in [0.25, 0.3) is 43.5 Å². The van der Waals surface area contributed by atoms with Crippen molar-refractivity contribution in [3.05, 3.63) is 163 Å². The Morgan fingerprint density at radius 1 is 0.362 bits per heavy atom. The standard InChI is InChI=1S/C13H16N2.C13H15N.2C9H7N.2C5H12.4C2H6.2CH4/c1-9-7-11(13(2,3)4)10-8-14-6-5-12(10)15-9;1-13(2,3)12-11-7-5-4-6-10(11)8-9-14-12;2*1-2-6-9-8(4-1)5-3-7-10-9;2*1-5(2,3)4;4*1-2;;/h5-8H,1-4H3;4-9H,1-3H3;2*1-7H;2*1-4H3;4*1-2H3;2*1H4. The van der Waals surface area contributed by atoms with Crippen molar-refractivity contribution >= 4 is 43.5 Å². The first-order valence-corrected chi connectivity index (χ1v) is 24.7. The number of para-hydroxylation sites is 2. The minimum Gasteiger partial charge on any atom is -0.264 e. The molecule has 5 nitrogen and oxygen atoms in total. The molecule has 69 heavy (non-hydrogen) atoms. The van der Waals surface area contributed by atoms with Crippen LogP contribution in [0.3, 0.4) is 0 Å². The van der Waals surface area contributed by atoms with E-state index in [0.29, 0.717) is 10.8 Å². The first kappa shape index (κ1) is 70.0. The molecule has 0 spiro atoms. The first-order valence-electron chi connectivity index (χ1n) is 24.7. The van der Waals surface area contributed by atoms with Gasteiger partial charge >= 0.3 is 0 Å². The number of pyridine rings is 5. The summed E-state index contributed by atoms with van der Waals surface area (Å²) in [5, 5.41) is 6.10. The molecule has 8 aromatic rings. The highest BCUT2D eigenvalue weighted by Crippen LogP contribution is 2.29. The number of aromatic nitrogens is 5. The van der Waals surface area contributed by atoms with Gasteiger partial charge in [0, 0.05) is 63.6 Å². The van der Waals surface area contributed by atoms with Gasteiger partial charge in [-0.25, -0.2) is 0 Å². The summed E-state index contributed by atoms with van der Waals surface area (Å²) in [6.07, 6.45) is 9.21. The van der Waals surface area contributed by atoms with E-state index >= 15 is 0 Å². The molecule has 0 bridgehead atoms. The lowest BCUT2D eigenvalue weighted by Gasteiger charge is -2.21. The zero-order valence-corrected chi connectivity index (χ0v) is 46.6. The Morgan fingerprint density at radius 2 is 0.754 bits per heavy atom. The van der Waals surface area contributed by atoms with Crippen LogP contribution in [0.15, 0.2) is 146 Å². The summed E-state index contributed by atoms with van der Waals surface area (Å²) in [6, 6.07) is 38.8. The van der Waals surface area contributed by atoms with Gasteiger partial charge in [0.25, 0.3) is 0 Å². The van der Waals surface area contributed by atoms with Crippen LogP contribution in [0.5, 0.6) is 0 Å². The smallest absolute Gasteiger partial charge is 0.0738 e. The lowest BCUT2D eigenvalue weighted by atomic mass is 9.85. The summed E-state index contributed by atoms with van der Waals surface area (Å²) in [4.78, 5) is 21.5. The number of hydrogen-bond acceptors (Lipinski definition) is 5. The predicted molar refractivity (Wildman–Crippen MR) is 316 cm³/mol. The van der Waals surface area contributed by atoms with Crippen molar-refractivity contribution in [1.29, 1.82) is 0 Å². The summed E-state index contributed by atoms with van der Waals surface area (Å²) in [5.41, 5.74) is 7.97. The third kappa shape index (κ3) is 30.5. The Labute approximate surface area is 425 Å². The second-order valence-corrected chi connectivity index (χ2v) is 20.0. The van der Waals surface area contributed by atoms with Gasteiger partial charge in [0.05, 0.1) is 22.2 Å². The van der Waals surface area contributed by atoms with Crippen LogP contribution >= 0.6 is 0 Å². The topological polar surface area (TPSA) is 64.5 Å². The van der Waals surface area contributed by atoms with Crippen LogP contribution in [0, 0.1) is 17.8 Å². The quantitative estimate of drug-likeness (QED) is 0.152. The number of fused-ring (bicyclic) bond motifs is 4. The van der Waals surface area contributed by atoms with Gasteiger partial charge in [-0.1, -0.05) is 240 Å². The third-order valence-electron chi connectivity index (χ3n) is 7.95. The van der Waals surface area contributed by atoms with Crippen LogP contribution in [-0.4, -0.2) is 24.9 Å². The Morgan fingerprint density at radius 3 is 1.16 bits per heavy atom. The van der Waals surface area contributed by atoms with Gasteiger partial charge in [0.2, 0.25) is 0 Å². The Kier molecular flexibility index (Phi) is 37.0. The predicted octanol–water partition coefficient (Wildman–Crippen LogP) is 20.7. The number of hydrogen-bond donors (Lipinski definition) is 0. The minimum absolute atomic E-state index is 0. The van der Waals surface area contributed by atoms with Gasteiger partial charge < -0.3 is 0 Å². The van der Waals surface area contributed by atoms with E-state index in [1.165, 1.54) is 32.8 Å². The Balaban J connectivity index is -0.000000366. The van der Waals surface area contributed by atoms with Crippen molar-refractivity contribution < 1.29 is 0 Å². The molecule has 382 valence electrons. The molecule has 0 aliphatic rings. The summed E-state index contributed by atoms with van der Waals surface area (Å²) in [6.45, 7) is 48.8. The molecule has 8 rings (SSSR count). The molecule has 0 saturated carbocycles. The average Bonchev–Trinajstić information content (AvgIpc) is 3.30. The van der Waals surface area contributed by atoms with Crippen LogP contribution in [-0.2, 0) is 10.8 Å². The highest BCUT2D eigenvalue weighted by atomic mass is 14.7. The van der Waals surface area contributed by atoms with Gasteiger partial charge in [0.1, 0.15) is 0 Å². The van der Waals surface area contributed by atoms with Crippen LogP contribution in [0.1, 0.15) is 184 Å². The molecule has 0 unspecified atom stereocenters. The third-order valence-corrected chi connectivity index (χ3v) is 7.95. The molecule has 0 atom stereocenters. The van der Waals surface area contributed by atoms with E-state index in [2.05, 4.69) is 183 Å². The van der Waals surface area contributed by atoms with Gasteiger partial charge in [-0.3, -0.25) is 24.9 Å². The van der Waals surface area contributed by atoms with Crippen molar-refractivity contribution in [2.45, 2.75) is 185 Å². The minimum atomic E-state index is 0. The zero-order chi connectivity index (χ0) is 51.9. The van der Waals surface area contributed by atoms with E-state index in [9.17, 15) is 0 Å². The summed E-state index contributed by atoms with van der Waals surface area (Å²) >= 11 is 0. The second kappa shape index (κ2) is 36.4. The fourth-order valence-electron chi connectivity index (χ4n) is 5.57. The van der Waals surface area contributed by atoms with Gasteiger partial charge in [-0.15, -0.1) is 0 Å². The Hall–Kier alpha value is -5.55. The van der Waals surface area contributed by atoms with Crippen LogP contribution in [0.4, 0.5) is 0 Å². The zero-order valence-electron chi connectivity index (χ0n) is 46.6. The molecule has 0 saturated heterocycles. The molecule has 3 aromatic carbocycles. The SMILES string of the molecule is C.C.CC.CC.CC.CC.CC(C)(C)C.CC(C)(C)C.CC(C)(C)c1nccc2ccccc12.Cc1cc(C(C)(C)C)c2cnccc2n1.c1ccc2ncccc2c1.c1ccc2ncccc2c1. The molecule has 0 aliphatic carbocycles. The van der Waals surface area contributed by atoms with Crippen molar-refractivity contribution in [3.63, 3.8) is 0 Å². The first-order chi connectivity index (χ1) is 31.5. The number of aryl methyl sites for hydroxylation is 1. The maximum atomic E-state index is 4.51. The summed E-state index contributed by atoms with van der Waals surface area (Å²) < 4.78 is 0. The second-order valence-electron chi connectivity index (χ2n) is 20.0. The Bertz CT molecular complexity index is 2240. The fraction of sp³-hybridized carbons (Fsp3) is 0.453. The van der Waals surface area contributed by atoms with Gasteiger partial charge in [0.15, 0.2) is 0 Å². The number of benzene rings is 3. The normalized spacial score (nSPS) is 10.0. The average molecular weight is 941 g/mol. The molecule has 0 amide bonds. The van der Waals surface area contributed by atoms with E-state index in [-0.39, 0.29) is 25.7 Å². The molecular formula is C64H101N5. The number of rotatable bonds is 0. The van der Waals surface area contributed by atoms with Gasteiger partial charge in [-0.2, -0.15) is 0 Å². The molecule has 5 aromatic heterocycles. The maximum absolute atomic E-state index is 4.51. The van der Waals surface area contributed by atoms with Crippen molar-refractivity contribution in [1.82, 2.24) is 24.9 Å². The molecule has 5 heteroatoms. The monoisotopic (exact) mass is 940 g/mol. The van der Waals surface area contributed by atoms with E-state index in [0.717, 1.165) is 27.6 Å². The van der Waals surface area contributed by atoms with Crippen molar-refractivity contribution in [2.75, 3.05) is 0 Å². The molecule has 0 N–H and O–H groups in total. The largest absolute Gasteiger partial charge is 0.264 e. The fourth-order valence-corrected chi connectivity index (χ4v) is 5.57. The van der Waals surface area contributed by atoms with Crippen molar-refractivity contribution in [2.24, 2.45) is 10.8 Å². The lowest BCUT2D eigenvalue weighted by molar-refractivity contribution is 0.469. The maximum Gasteiger partial charge on any atom is 0.0738 e. The lowest BCUT2D eigenvalue weighted by Crippen LogP contribution is -2.13. The van der Waals surface area contributed by atoms with Gasteiger partial charge in [-0.05, 0) is 76.6 Å². The van der Waals surface area contributed by atoms with E-state index in [1.807, 2.05) is 142 Å². The van der Waals surface area contributed by atoms with E-state index < -0.39 is 0 Å². The number of nitrogens with zero attached hydrogens (tertiary/aromatic N) is 5. The molecular weight excluding hydrogens is 839 g/mol. The van der Waals surface area contributed by atoms with Crippen LogP contribution < -0.4 is 0 Å². The molecule has 0 aliphatic heterocycles. The van der Waals surface area contributed by atoms with E-state index in [4.69, 9.17) is 0 Å². The molecule has 5 heterocycles.